The summed E-state index contributed by atoms with van der Waals surface area (Å²) in [4.78, 5) is 15.0. The van der Waals surface area contributed by atoms with Gasteiger partial charge in [-0.3, -0.25) is 0 Å². The van der Waals surface area contributed by atoms with Crippen LogP contribution in [-0.4, -0.2) is 30.5 Å². The van der Waals surface area contributed by atoms with Gasteiger partial charge >= 0.3 is 6.03 Å². The van der Waals surface area contributed by atoms with Crippen molar-refractivity contribution in [2.45, 2.75) is 25.3 Å². The Balaban J connectivity index is 2.28. The largest absolute Gasteiger partial charge is 0.385 e. The van der Waals surface area contributed by atoms with Gasteiger partial charge < -0.3 is 16.4 Å². The summed E-state index contributed by atoms with van der Waals surface area (Å²) in [5.41, 5.74) is 5.48. The number of urea groups is 1. The van der Waals surface area contributed by atoms with Crippen molar-refractivity contribution in [3.05, 3.63) is 0 Å². The smallest absolute Gasteiger partial charge is 0.343 e. The van der Waals surface area contributed by atoms with Crippen LogP contribution >= 0.6 is 0 Å². The molecule has 4 N–H and O–H groups in total. The second-order valence-corrected chi connectivity index (χ2v) is 3.96. The Kier molecular flexibility index (Phi) is 2.19. The molecule has 0 aromatic heterocycles. The molecule has 2 unspecified atom stereocenters. The molecular formula is C9H16N4O. The van der Waals surface area contributed by atoms with Gasteiger partial charge in [-0.25, -0.2) is 4.79 Å². The number of carbonyl (C=O) groups excluding carboxylic acids is 1. The van der Waals surface area contributed by atoms with E-state index in [9.17, 15) is 4.79 Å². The summed E-state index contributed by atoms with van der Waals surface area (Å²) in [6.45, 7) is 3.89. The van der Waals surface area contributed by atoms with Gasteiger partial charge in [-0.15, -0.1) is 0 Å². The van der Waals surface area contributed by atoms with Gasteiger partial charge in [-0.2, -0.15) is 4.99 Å². The van der Waals surface area contributed by atoms with Crippen LogP contribution in [0, 0.1) is 5.92 Å². The quantitative estimate of drug-likeness (QED) is 0.544. The Labute approximate surface area is 83.1 Å². The van der Waals surface area contributed by atoms with E-state index in [4.69, 9.17) is 5.73 Å². The number of carbonyl (C=O) groups is 1. The molecule has 0 aromatic rings. The third kappa shape index (κ3) is 1.19. The standard InChI is InChI=1S/C9H16N4O/c1-2-6-5-11-4-3-9(6)7(10)12-8(14)13-9/h6,11H,2-5H2,1H3,(H3,10,12,13,14). The highest BCUT2D eigenvalue weighted by Gasteiger charge is 2.47. The first kappa shape index (κ1) is 9.45. The van der Waals surface area contributed by atoms with E-state index in [2.05, 4.69) is 22.5 Å². The van der Waals surface area contributed by atoms with Crippen LogP contribution in [0.15, 0.2) is 4.99 Å². The zero-order chi connectivity index (χ0) is 10.2. The minimum atomic E-state index is -0.364. The van der Waals surface area contributed by atoms with Gasteiger partial charge in [0.2, 0.25) is 0 Å². The summed E-state index contributed by atoms with van der Waals surface area (Å²) in [6, 6.07) is -0.289. The molecule has 0 aliphatic carbocycles. The number of nitrogens with one attached hydrogen (secondary N) is 2. The third-order valence-electron chi connectivity index (χ3n) is 3.29. The van der Waals surface area contributed by atoms with Crippen LogP contribution in [0.4, 0.5) is 4.79 Å². The molecule has 2 aliphatic rings. The van der Waals surface area contributed by atoms with Crippen LogP contribution in [-0.2, 0) is 0 Å². The molecule has 5 nitrogen and oxygen atoms in total. The van der Waals surface area contributed by atoms with Crippen molar-refractivity contribution in [2.75, 3.05) is 13.1 Å². The number of rotatable bonds is 1. The average Bonchev–Trinajstić information content (AvgIpc) is 2.43. The van der Waals surface area contributed by atoms with E-state index in [1.165, 1.54) is 0 Å². The maximum absolute atomic E-state index is 11.2. The Morgan fingerprint density at radius 3 is 3.07 bits per heavy atom. The number of amidine groups is 1. The van der Waals surface area contributed by atoms with E-state index >= 15 is 0 Å². The number of nitrogens with two attached hydrogens (primary N) is 1. The van der Waals surface area contributed by atoms with Crippen LogP contribution < -0.4 is 16.4 Å². The van der Waals surface area contributed by atoms with Crippen LogP contribution in [0.3, 0.4) is 0 Å². The minimum absolute atomic E-state index is 0.289. The summed E-state index contributed by atoms with van der Waals surface area (Å²) < 4.78 is 0. The Bertz CT molecular complexity index is 289. The number of nitrogens with zero attached hydrogens (tertiary/aromatic N) is 1. The van der Waals surface area contributed by atoms with Crippen molar-refractivity contribution in [3.63, 3.8) is 0 Å². The fourth-order valence-electron chi connectivity index (χ4n) is 2.43. The zero-order valence-corrected chi connectivity index (χ0v) is 8.34. The molecule has 2 amide bonds. The van der Waals surface area contributed by atoms with E-state index < -0.39 is 0 Å². The summed E-state index contributed by atoms with van der Waals surface area (Å²) in [6.07, 6.45) is 1.83. The number of piperidine rings is 1. The maximum Gasteiger partial charge on any atom is 0.343 e. The predicted molar refractivity (Wildman–Crippen MR) is 54.2 cm³/mol. The van der Waals surface area contributed by atoms with Gasteiger partial charge in [0.1, 0.15) is 11.4 Å². The molecule has 0 saturated carbocycles. The Hall–Kier alpha value is -1.10. The lowest BCUT2D eigenvalue weighted by atomic mass is 9.76. The predicted octanol–water partition coefficient (Wildman–Crippen LogP) is -0.175. The van der Waals surface area contributed by atoms with Gasteiger partial charge in [-0.05, 0) is 19.4 Å². The summed E-state index contributed by atoms with van der Waals surface area (Å²) in [5.74, 6) is 0.822. The number of hydrogen-bond acceptors (Lipinski definition) is 3. The van der Waals surface area contributed by atoms with Crippen LogP contribution in [0.5, 0.6) is 0 Å². The molecule has 14 heavy (non-hydrogen) atoms. The normalized spacial score (nSPS) is 37.1. The van der Waals surface area contributed by atoms with Crippen molar-refractivity contribution in [2.24, 2.45) is 16.6 Å². The second-order valence-electron chi connectivity index (χ2n) is 3.96. The highest BCUT2D eigenvalue weighted by molar-refractivity contribution is 6.06. The van der Waals surface area contributed by atoms with Crippen molar-refractivity contribution in [1.29, 1.82) is 0 Å². The molecule has 5 heteroatoms. The molecule has 1 saturated heterocycles. The minimum Gasteiger partial charge on any atom is -0.385 e. The van der Waals surface area contributed by atoms with Crippen molar-refractivity contribution >= 4 is 11.9 Å². The summed E-state index contributed by atoms with van der Waals surface area (Å²) >= 11 is 0. The van der Waals surface area contributed by atoms with Crippen LogP contribution in [0.1, 0.15) is 19.8 Å². The third-order valence-corrected chi connectivity index (χ3v) is 3.29. The van der Waals surface area contributed by atoms with Gasteiger partial charge in [0.25, 0.3) is 0 Å². The first-order chi connectivity index (χ1) is 6.69. The molecule has 2 aliphatic heterocycles. The number of hydrogen-bond donors (Lipinski definition) is 3. The molecule has 0 radical (unpaired) electrons. The second kappa shape index (κ2) is 3.24. The molecule has 1 fully saturated rings. The van der Waals surface area contributed by atoms with Gasteiger partial charge in [0.05, 0.1) is 0 Å². The molecule has 1 spiro atoms. The van der Waals surface area contributed by atoms with Crippen molar-refractivity contribution in [3.8, 4) is 0 Å². The topological polar surface area (TPSA) is 79.5 Å². The van der Waals surface area contributed by atoms with Gasteiger partial charge in [-0.1, -0.05) is 6.92 Å². The highest BCUT2D eigenvalue weighted by atomic mass is 16.2. The average molecular weight is 196 g/mol. The molecule has 78 valence electrons. The number of amides is 2. The van der Waals surface area contributed by atoms with E-state index in [0.29, 0.717) is 11.8 Å². The van der Waals surface area contributed by atoms with E-state index in [-0.39, 0.29) is 11.6 Å². The monoisotopic (exact) mass is 196 g/mol. The van der Waals surface area contributed by atoms with Crippen molar-refractivity contribution in [1.82, 2.24) is 10.6 Å². The molecule has 2 atom stereocenters. The Morgan fingerprint density at radius 1 is 1.71 bits per heavy atom. The summed E-state index contributed by atoms with van der Waals surface area (Å²) in [7, 11) is 0. The molecule has 2 rings (SSSR count). The van der Waals surface area contributed by atoms with Gasteiger partial charge in [0, 0.05) is 12.5 Å². The highest BCUT2D eigenvalue weighted by Crippen LogP contribution is 2.30. The molecule has 0 aromatic carbocycles. The molecular weight excluding hydrogens is 180 g/mol. The fraction of sp³-hybridized carbons (Fsp3) is 0.778. The first-order valence-corrected chi connectivity index (χ1v) is 5.06. The van der Waals surface area contributed by atoms with E-state index in [1.807, 2.05) is 0 Å². The maximum atomic E-state index is 11.2. The fourth-order valence-corrected chi connectivity index (χ4v) is 2.43. The van der Waals surface area contributed by atoms with E-state index in [1.54, 1.807) is 0 Å². The zero-order valence-electron chi connectivity index (χ0n) is 8.34. The lowest BCUT2D eigenvalue weighted by Crippen LogP contribution is -2.63. The van der Waals surface area contributed by atoms with Crippen molar-refractivity contribution < 1.29 is 4.79 Å². The number of aliphatic imine (C=N–C) groups is 1. The van der Waals surface area contributed by atoms with Crippen LogP contribution in [0.25, 0.3) is 0 Å². The summed E-state index contributed by atoms with van der Waals surface area (Å²) in [5, 5.41) is 6.22. The van der Waals surface area contributed by atoms with Gasteiger partial charge in [0.15, 0.2) is 0 Å². The Morgan fingerprint density at radius 2 is 2.50 bits per heavy atom. The lowest BCUT2D eigenvalue weighted by molar-refractivity contribution is 0.213. The first-order valence-electron chi connectivity index (χ1n) is 5.06. The molecule has 2 heterocycles. The SMILES string of the molecule is CCC1CNCCC12NC(=O)N=C2N. The lowest BCUT2D eigenvalue weighted by Gasteiger charge is -2.40. The molecule has 0 bridgehead atoms. The van der Waals surface area contributed by atoms with Crippen LogP contribution in [0.2, 0.25) is 0 Å². The van der Waals surface area contributed by atoms with E-state index in [0.717, 1.165) is 25.9 Å².